The third-order valence-electron chi connectivity index (χ3n) is 4.13. The molecule has 1 rings (SSSR count). The first-order valence-corrected chi connectivity index (χ1v) is 8.62. The molecular formula is C17H28O7. The van der Waals surface area contributed by atoms with Gasteiger partial charge in [0.05, 0.1) is 19.1 Å². The summed E-state index contributed by atoms with van der Waals surface area (Å²) in [6.45, 7) is 9.03. The molecule has 1 saturated heterocycles. The normalized spacial score (nSPS) is 23.5. The number of esters is 2. The second-order valence-corrected chi connectivity index (χ2v) is 5.53. The van der Waals surface area contributed by atoms with Crippen molar-refractivity contribution in [1.82, 2.24) is 0 Å². The lowest BCUT2D eigenvalue weighted by atomic mass is 9.88. The van der Waals surface area contributed by atoms with Crippen LogP contribution in [-0.2, 0) is 33.3 Å². The van der Waals surface area contributed by atoms with E-state index in [1.807, 2.05) is 6.92 Å². The van der Waals surface area contributed by atoms with Crippen molar-refractivity contribution in [3.63, 3.8) is 0 Å². The fourth-order valence-corrected chi connectivity index (χ4v) is 2.98. The van der Waals surface area contributed by atoms with Crippen molar-refractivity contribution >= 4 is 17.7 Å². The summed E-state index contributed by atoms with van der Waals surface area (Å²) in [5, 5.41) is 0. The van der Waals surface area contributed by atoms with Crippen LogP contribution in [0.25, 0.3) is 0 Å². The molecule has 1 aliphatic heterocycles. The second kappa shape index (κ2) is 9.13. The van der Waals surface area contributed by atoms with Crippen molar-refractivity contribution in [3.05, 3.63) is 0 Å². The van der Waals surface area contributed by atoms with E-state index in [-0.39, 0.29) is 19.0 Å². The van der Waals surface area contributed by atoms with Crippen molar-refractivity contribution in [2.24, 2.45) is 5.92 Å². The van der Waals surface area contributed by atoms with Gasteiger partial charge in [-0.05, 0) is 26.7 Å². The maximum absolute atomic E-state index is 12.3. The quantitative estimate of drug-likeness (QED) is 0.591. The molecule has 1 heterocycles. The van der Waals surface area contributed by atoms with Gasteiger partial charge in [-0.15, -0.1) is 0 Å². The monoisotopic (exact) mass is 344 g/mol. The van der Waals surface area contributed by atoms with E-state index in [4.69, 9.17) is 18.9 Å². The number of ether oxygens (including phenoxy) is 4. The minimum Gasteiger partial charge on any atom is -0.464 e. The van der Waals surface area contributed by atoms with E-state index in [0.717, 1.165) is 0 Å². The van der Waals surface area contributed by atoms with Crippen LogP contribution in [0.4, 0.5) is 0 Å². The van der Waals surface area contributed by atoms with E-state index in [9.17, 15) is 14.4 Å². The molecule has 0 aliphatic carbocycles. The average Bonchev–Trinajstić information content (AvgIpc) is 2.97. The number of ketones is 1. The van der Waals surface area contributed by atoms with Gasteiger partial charge >= 0.3 is 11.9 Å². The van der Waals surface area contributed by atoms with Gasteiger partial charge in [0, 0.05) is 6.42 Å². The van der Waals surface area contributed by atoms with Crippen LogP contribution >= 0.6 is 0 Å². The van der Waals surface area contributed by atoms with Crippen LogP contribution in [0.15, 0.2) is 0 Å². The molecule has 1 aliphatic rings. The molecule has 0 bridgehead atoms. The summed E-state index contributed by atoms with van der Waals surface area (Å²) in [4.78, 5) is 36.7. The lowest BCUT2D eigenvalue weighted by Crippen LogP contribution is -2.44. The maximum Gasteiger partial charge on any atom is 0.338 e. The first-order chi connectivity index (χ1) is 11.4. The van der Waals surface area contributed by atoms with E-state index < -0.39 is 35.9 Å². The molecule has 7 heteroatoms. The number of hydrogen-bond acceptors (Lipinski definition) is 7. The molecule has 0 unspecified atom stereocenters. The van der Waals surface area contributed by atoms with Gasteiger partial charge in [0.2, 0.25) is 0 Å². The summed E-state index contributed by atoms with van der Waals surface area (Å²) in [5.74, 6) is -3.30. The van der Waals surface area contributed by atoms with Crippen LogP contribution < -0.4 is 0 Å². The number of Topliss-reactive ketones (excluding diaryl/α,β-unsaturated/α-hetero) is 1. The molecule has 0 aromatic heterocycles. The van der Waals surface area contributed by atoms with E-state index in [2.05, 4.69) is 0 Å². The Hall–Kier alpha value is -1.47. The summed E-state index contributed by atoms with van der Waals surface area (Å²) < 4.78 is 21.7. The summed E-state index contributed by atoms with van der Waals surface area (Å²) in [7, 11) is 0. The number of hydrogen-bond donors (Lipinski definition) is 0. The Morgan fingerprint density at radius 1 is 0.917 bits per heavy atom. The van der Waals surface area contributed by atoms with Crippen LogP contribution in [0.2, 0.25) is 0 Å². The minimum atomic E-state index is -1.32. The molecule has 0 amide bonds. The molecule has 1 fully saturated rings. The Morgan fingerprint density at radius 2 is 1.38 bits per heavy atom. The van der Waals surface area contributed by atoms with E-state index in [0.29, 0.717) is 19.3 Å². The highest BCUT2D eigenvalue weighted by atomic mass is 16.8. The lowest BCUT2D eigenvalue weighted by molar-refractivity contribution is -0.218. The highest BCUT2D eigenvalue weighted by Gasteiger charge is 2.58. The molecule has 0 aromatic rings. The van der Waals surface area contributed by atoms with Crippen LogP contribution in [0.3, 0.4) is 0 Å². The van der Waals surface area contributed by atoms with E-state index >= 15 is 0 Å². The molecular weight excluding hydrogens is 316 g/mol. The topological polar surface area (TPSA) is 88.1 Å². The van der Waals surface area contributed by atoms with Gasteiger partial charge in [-0.1, -0.05) is 20.8 Å². The van der Waals surface area contributed by atoms with Gasteiger partial charge in [0.1, 0.15) is 5.78 Å². The lowest BCUT2D eigenvalue weighted by Gasteiger charge is -2.33. The SMILES string of the molecule is CCOC(=O)[C@@H]1OC(CC)([C@@H](CC)C(=O)CC)O[C@H]1C(=O)OCC. The molecule has 0 spiro atoms. The van der Waals surface area contributed by atoms with Gasteiger partial charge < -0.3 is 18.9 Å². The Bertz CT molecular complexity index is 434. The molecule has 0 N–H and O–H groups in total. The average molecular weight is 344 g/mol. The van der Waals surface area contributed by atoms with Gasteiger partial charge in [0.25, 0.3) is 0 Å². The van der Waals surface area contributed by atoms with Gasteiger partial charge in [-0.3, -0.25) is 4.79 Å². The molecule has 24 heavy (non-hydrogen) atoms. The maximum atomic E-state index is 12.3. The third-order valence-corrected chi connectivity index (χ3v) is 4.13. The highest BCUT2D eigenvalue weighted by Crippen LogP contribution is 2.41. The molecule has 138 valence electrons. The molecule has 0 saturated carbocycles. The summed E-state index contributed by atoms with van der Waals surface area (Å²) in [6, 6.07) is 0. The third kappa shape index (κ3) is 4.13. The van der Waals surface area contributed by atoms with Crippen molar-refractivity contribution in [3.8, 4) is 0 Å². The van der Waals surface area contributed by atoms with Crippen LogP contribution in [0.1, 0.15) is 53.9 Å². The van der Waals surface area contributed by atoms with Gasteiger partial charge in [0.15, 0.2) is 18.0 Å². The Labute approximate surface area is 143 Å². The molecule has 0 aromatic carbocycles. The van der Waals surface area contributed by atoms with Crippen LogP contribution in [0, 0.1) is 5.92 Å². The summed E-state index contributed by atoms with van der Waals surface area (Å²) in [5.41, 5.74) is 0. The van der Waals surface area contributed by atoms with Gasteiger partial charge in [-0.25, -0.2) is 9.59 Å². The zero-order valence-electron chi connectivity index (χ0n) is 15.1. The van der Waals surface area contributed by atoms with Crippen LogP contribution in [-0.4, -0.2) is 48.9 Å². The van der Waals surface area contributed by atoms with Crippen molar-refractivity contribution in [2.45, 2.75) is 71.9 Å². The largest absolute Gasteiger partial charge is 0.464 e. The summed E-state index contributed by atoms with van der Waals surface area (Å²) in [6.07, 6.45) is -1.35. The zero-order chi connectivity index (χ0) is 18.3. The Kier molecular flexibility index (Phi) is 7.83. The number of rotatable bonds is 9. The fraction of sp³-hybridized carbons (Fsp3) is 0.824. The number of carbonyl (C=O) groups excluding carboxylic acids is 3. The fourth-order valence-electron chi connectivity index (χ4n) is 2.98. The summed E-state index contributed by atoms with van der Waals surface area (Å²) >= 11 is 0. The van der Waals surface area contributed by atoms with E-state index in [1.54, 1.807) is 27.7 Å². The van der Waals surface area contributed by atoms with Gasteiger partial charge in [-0.2, -0.15) is 0 Å². The van der Waals surface area contributed by atoms with Crippen molar-refractivity contribution in [2.75, 3.05) is 13.2 Å². The van der Waals surface area contributed by atoms with Crippen molar-refractivity contribution < 1.29 is 33.3 Å². The molecule has 3 atom stereocenters. The standard InChI is InChI=1S/C17H28O7/c1-6-11(12(18)7-2)17(8-3)23-13(15(19)21-9-4)14(24-17)16(20)22-10-5/h11,13-14H,6-10H2,1-5H3/t11-,13+,14+/m0/s1. The first kappa shape index (κ1) is 20.6. The molecule has 0 radical (unpaired) electrons. The second-order valence-electron chi connectivity index (χ2n) is 5.53. The Balaban J connectivity index is 3.18. The predicted molar refractivity (Wildman–Crippen MR) is 85.1 cm³/mol. The first-order valence-electron chi connectivity index (χ1n) is 8.62. The minimum absolute atomic E-state index is 0.0357. The smallest absolute Gasteiger partial charge is 0.338 e. The predicted octanol–water partition coefficient (Wildman–Crippen LogP) is 2.01. The van der Waals surface area contributed by atoms with Crippen LogP contribution in [0.5, 0.6) is 0 Å². The zero-order valence-corrected chi connectivity index (χ0v) is 15.1. The van der Waals surface area contributed by atoms with Crippen molar-refractivity contribution in [1.29, 1.82) is 0 Å². The number of carbonyl (C=O) groups is 3. The Morgan fingerprint density at radius 3 is 1.67 bits per heavy atom. The van der Waals surface area contributed by atoms with E-state index in [1.165, 1.54) is 0 Å². The highest BCUT2D eigenvalue weighted by molar-refractivity contribution is 5.87. The molecule has 7 nitrogen and oxygen atoms in total.